The molecule has 0 spiro atoms. The van der Waals surface area contributed by atoms with Crippen molar-refractivity contribution in [3.05, 3.63) is 35.9 Å². The summed E-state index contributed by atoms with van der Waals surface area (Å²) in [5, 5.41) is 0. The van der Waals surface area contributed by atoms with Crippen molar-refractivity contribution in [3.8, 4) is 0 Å². The van der Waals surface area contributed by atoms with Crippen LogP contribution < -0.4 is 5.73 Å². The van der Waals surface area contributed by atoms with E-state index >= 15 is 0 Å². The number of ether oxygens (including phenoxy) is 1. The lowest BCUT2D eigenvalue weighted by Gasteiger charge is -2.22. The third kappa shape index (κ3) is 3.53. The topological polar surface area (TPSA) is 38.5 Å². The Bertz CT molecular complexity index is 328. The average Bonchev–Trinajstić information content (AvgIpc) is 2.85. The van der Waals surface area contributed by atoms with Crippen molar-refractivity contribution < 1.29 is 4.74 Å². The van der Waals surface area contributed by atoms with Crippen LogP contribution in [0.1, 0.15) is 18.9 Å². The molecule has 1 aromatic carbocycles. The summed E-state index contributed by atoms with van der Waals surface area (Å²) in [5.74, 6) is 0. The smallest absolute Gasteiger partial charge is 0.0721 e. The van der Waals surface area contributed by atoms with Crippen molar-refractivity contribution in [3.63, 3.8) is 0 Å². The van der Waals surface area contributed by atoms with Gasteiger partial charge in [-0.1, -0.05) is 30.3 Å². The second-order valence-electron chi connectivity index (χ2n) is 4.79. The third-order valence-corrected chi connectivity index (χ3v) is 3.47. The molecule has 0 aromatic heterocycles. The molecule has 2 atom stereocenters. The highest BCUT2D eigenvalue weighted by atomic mass is 16.5. The van der Waals surface area contributed by atoms with Crippen molar-refractivity contribution in [1.82, 2.24) is 4.90 Å². The van der Waals surface area contributed by atoms with Gasteiger partial charge in [0.15, 0.2) is 0 Å². The molecule has 0 aliphatic carbocycles. The van der Waals surface area contributed by atoms with Crippen LogP contribution in [0.15, 0.2) is 30.3 Å². The molecule has 2 rings (SSSR count). The van der Waals surface area contributed by atoms with E-state index in [1.807, 2.05) is 6.07 Å². The Balaban J connectivity index is 1.75. The standard InChI is InChI=1S/C14H22N2O/c1-12(9-15)16-8-7-14(10-16)17-11-13-5-3-2-4-6-13/h2-6,12,14H,7-11,15H2,1H3. The zero-order chi connectivity index (χ0) is 12.1. The van der Waals surface area contributed by atoms with Crippen LogP contribution in [0.4, 0.5) is 0 Å². The van der Waals surface area contributed by atoms with Gasteiger partial charge in [0, 0.05) is 25.7 Å². The fourth-order valence-corrected chi connectivity index (χ4v) is 2.23. The summed E-state index contributed by atoms with van der Waals surface area (Å²) in [5.41, 5.74) is 6.93. The molecule has 1 fully saturated rings. The Hall–Kier alpha value is -0.900. The van der Waals surface area contributed by atoms with Gasteiger partial charge in [-0.05, 0) is 18.9 Å². The monoisotopic (exact) mass is 234 g/mol. The lowest BCUT2D eigenvalue weighted by molar-refractivity contribution is 0.0441. The highest BCUT2D eigenvalue weighted by molar-refractivity contribution is 5.13. The van der Waals surface area contributed by atoms with Crippen LogP contribution in [-0.4, -0.2) is 36.7 Å². The van der Waals surface area contributed by atoms with Gasteiger partial charge in [0.1, 0.15) is 0 Å². The van der Waals surface area contributed by atoms with E-state index in [0.29, 0.717) is 12.1 Å². The van der Waals surface area contributed by atoms with Crippen molar-refractivity contribution in [2.45, 2.75) is 32.1 Å². The average molecular weight is 234 g/mol. The Kier molecular flexibility index (Phi) is 4.54. The maximum atomic E-state index is 5.93. The van der Waals surface area contributed by atoms with Crippen molar-refractivity contribution >= 4 is 0 Å². The minimum Gasteiger partial charge on any atom is -0.372 e. The van der Waals surface area contributed by atoms with Gasteiger partial charge < -0.3 is 10.5 Å². The summed E-state index contributed by atoms with van der Waals surface area (Å²) >= 11 is 0. The van der Waals surface area contributed by atoms with E-state index in [-0.39, 0.29) is 0 Å². The maximum absolute atomic E-state index is 5.93. The molecule has 2 N–H and O–H groups in total. The molecule has 0 saturated carbocycles. The Labute approximate surface area is 104 Å². The minimum absolute atomic E-state index is 0.365. The quantitative estimate of drug-likeness (QED) is 0.841. The third-order valence-electron chi connectivity index (χ3n) is 3.47. The molecular formula is C14H22N2O. The maximum Gasteiger partial charge on any atom is 0.0721 e. The molecule has 0 amide bonds. The van der Waals surface area contributed by atoms with E-state index in [0.717, 1.165) is 32.7 Å². The molecule has 1 aliphatic heterocycles. The van der Waals surface area contributed by atoms with E-state index in [2.05, 4.69) is 36.1 Å². The fourth-order valence-electron chi connectivity index (χ4n) is 2.23. The predicted molar refractivity (Wildman–Crippen MR) is 69.7 cm³/mol. The lowest BCUT2D eigenvalue weighted by Crippen LogP contribution is -2.37. The molecule has 2 unspecified atom stereocenters. The molecule has 94 valence electrons. The van der Waals surface area contributed by atoms with E-state index < -0.39 is 0 Å². The van der Waals surface area contributed by atoms with Crippen LogP contribution in [0.2, 0.25) is 0 Å². The van der Waals surface area contributed by atoms with Crippen molar-refractivity contribution in [1.29, 1.82) is 0 Å². The van der Waals surface area contributed by atoms with E-state index in [4.69, 9.17) is 10.5 Å². The highest BCUT2D eigenvalue weighted by Gasteiger charge is 2.25. The van der Waals surface area contributed by atoms with Gasteiger partial charge in [0.05, 0.1) is 12.7 Å². The molecule has 0 radical (unpaired) electrons. The first kappa shape index (κ1) is 12.6. The van der Waals surface area contributed by atoms with Crippen LogP contribution in [0.3, 0.4) is 0 Å². The predicted octanol–water partition coefficient (Wildman–Crippen LogP) is 1.62. The first-order chi connectivity index (χ1) is 8.29. The molecule has 1 heterocycles. The molecule has 1 aliphatic rings. The zero-order valence-corrected chi connectivity index (χ0v) is 10.5. The van der Waals surface area contributed by atoms with Gasteiger partial charge in [-0.25, -0.2) is 0 Å². The second kappa shape index (κ2) is 6.15. The van der Waals surface area contributed by atoms with E-state index in [1.165, 1.54) is 5.56 Å². The summed E-state index contributed by atoms with van der Waals surface area (Å²) in [6.07, 6.45) is 1.49. The van der Waals surface area contributed by atoms with Crippen LogP contribution in [0.5, 0.6) is 0 Å². The molecular weight excluding hydrogens is 212 g/mol. The van der Waals surface area contributed by atoms with E-state index in [9.17, 15) is 0 Å². The first-order valence-corrected chi connectivity index (χ1v) is 6.39. The van der Waals surface area contributed by atoms with Crippen LogP contribution in [-0.2, 0) is 11.3 Å². The molecule has 17 heavy (non-hydrogen) atoms. The van der Waals surface area contributed by atoms with Gasteiger partial charge >= 0.3 is 0 Å². The van der Waals surface area contributed by atoms with Crippen LogP contribution in [0, 0.1) is 0 Å². The molecule has 1 aromatic rings. The fraction of sp³-hybridized carbons (Fsp3) is 0.571. The normalized spacial score (nSPS) is 22.8. The van der Waals surface area contributed by atoms with Gasteiger partial charge in [0.25, 0.3) is 0 Å². The summed E-state index contributed by atoms with van der Waals surface area (Å²) in [6.45, 7) is 5.75. The second-order valence-corrected chi connectivity index (χ2v) is 4.79. The molecule has 3 heteroatoms. The number of hydrogen-bond acceptors (Lipinski definition) is 3. The Morgan fingerprint density at radius 2 is 2.18 bits per heavy atom. The van der Waals surface area contributed by atoms with Gasteiger partial charge in [-0.15, -0.1) is 0 Å². The number of hydrogen-bond donors (Lipinski definition) is 1. The molecule has 1 saturated heterocycles. The summed E-state index contributed by atoms with van der Waals surface area (Å²) in [7, 11) is 0. The number of benzene rings is 1. The largest absolute Gasteiger partial charge is 0.372 e. The highest BCUT2D eigenvalue weighted by Crippen LogP contribution is 2.16. The van der Waals surface area contributed by atoms with Crippen molar-refractivity contribution in [2.75, 3.05) is 19.6 Å². The summed E-state index contributed by atoms with van der Waals surface area (Å²) < 4.78 is 5.93. The lowest BCUT2D eigenvalue weighted by atomic mass is 10.2. The van der Waals surface area contributed by atoms with Crippen molar-refractivity contribution in [2.24, 2.45) is 5.73 Å². The Morgan fingerprint density at radius 3 is 2.88 bits per heavy atom. The van der Waals surface area contributed by atoms with Crippen LogP contribution >= 0.6 is 0 Å². The van der Waals surface area contributed by atoms with Gasteiger partial charge in [-0.2, -0.15) is 0 Å². The van der Waals surface area contributed by atoms with Gasteiger partial charge in [0.2, 0.25) is 0 Å². The number of nitrogens with zero attached hydrogens (tertiary/aromatic N) is 1. The number of nitrogens with two attached hydrogens (primary N) is 1. The summed E-state index contributed by atoms with van der Waals surface area (Å²) in [6, 6.07) is 10.8. The first-order valence-electron chi connectivity index (χ1n) is 6.39. The summed E-state index contributed by atoms with van der Waals surface area (Å²) in [4.78, 5) is 2.41. The SMILES string of the molecule is CC(CN)N1CCC(OCc2ccccc2)C1. The van der Waals surface area contributed by atoms with Crippen LogP contribution in [0.25, 0.3) is 0 Å². The molecule has 0 bridgehead atoms. The zero-order valence-electron chi connectivity index (χ0n) is 10.5. The minimum atomic E-state index is 0.365. The molecule has 3 nitrogen and oxygen atoms in total. The van der Waals surface area contributed by atoms with Gasteiger partial charge in [-0.3, -0.25) is 4.90 Å². The van der Waals surface area contributed by atoms with E-state index in [1.54, 1.807) is 0 Å². The number of rotatable bonds is 5. The number of likely N-dealkylation sites (tertiary alicyclic amines) is 1. The Morgan fingerprint density at radius 1 is 1.41 bits per heavy atom.